The summed E-state index contributed by atoms with van der Waals surface area (Å²) in [6.45, 7) is 5.76. The highest BCUT2D eigenvalue weighted by atomic mass is 16.5. The van der Waals surface area contributed by atoms with Crippen molar-refractivity contribution in [2.75, 3.05) is 13.2 Å². The summed E-state index contributed by atoms with van der Waals surface area (Å²) in [5, 5.41) is 5.31. The van der Waals surface area contributed by atoms with Crippen LogP contribution in [-0.2, 0) is 25.5 Å². The molecule has 0 spiro atoms. The van der Waals surface area contributed by atoms with Crippen molar-refractivity contribution in [3.05, 3.63) is 35.9 Å². The van der Waals surface area contributed by atoms with Crippen LogP contribution in [0.3, 0.4) is 0 Å². The zero-order valence-corrected chi connectivity index (χ0v) is 14.5. The Morgan fingerprint density at radius 1 is 1.08 bits per heavy atom. The molecule has 0 aliphatic rings. The van der Waals surface area contributed by atoms with Gasteiger partial charge in [-0.3, -0.25) is 9.59 Å². The molecule has 6 nitrogen and oxygen atoms in total. The van der Waals surface area contributed by atoms with Crippen LogP contribution in [0.25, 0.3) is 0 Å². The topological polar surface area (TPSA) is 84.5 Å². The third-order valence-corrected chi connectivity index (χ3v) is 3.36. The van der Waals surface area contributed by atoms with E-state index in [0.717, 1.165) is 12.0 Å². The van der Waals surface area contributed by atoms with Gasteiger partial charge in [0.25, 0.3) is 5.91 Å². The molecule has 2 N–H and O–H groups in total. The number of carbonyl (C=O) groups is 3. The molecule has 0 unspecified atom stereocenters. The molecule has 2 amide bonds. The fourth-order valence-corrected chi connectivity index (χ4v) is 2.05. The summed E-state index contributed by atoms with van der Waals surface area (Å²) in [7, 11) is 0. The number of ether oxygens (including phenoxy) is 1. The summed E-state index contributed by atoms with van der Waals surface area (Å²) in [6.07, 6.45) is 0.998. The molecule has 6 heteroatoms. The van der Waals surface area contributed by atoms with Gasteiger partial charge in [-0.15, -0.1) is 0 Å². The number of rotatable bonds is 9. The van der Waals surface area contributed by atoms with E-state index in [1.54, 1.807) is 0 Å². The van der Waals surface area contributed by atoms with E-state index in [-0.39, 0.29) is 30.8 Å². The summed E-state index contributed by atoms with van der Waals surface area (Å²) in [5.41, 5.74) is 0.866. The van der Waals surface area contributed by atoms with Gasteiger partial charge in [-0.1, -0.05) is 51.1 Å². The second-order valence-corrected chi connectivity index (χ2v) is 5.91. The lowest BCUT2D eigenvalue weighted by Crippen LogP contribution is -2.46. The standard InChI is InChI=1S/C18H26N2O4/c1-4-10-19-16(22)12-24-18(23)17(13(2)3)20-15(21)11-14-8-6-5-7-9-14/h5-9,13,17H,4,10-12H2,1-3H3,(H,19,22)(H,20,21)/t17-/m0/s1. The number of amides is 2. The quantitative estimate of drug-likeness (QED) is 0.669. The van der Waals surface area contributed by atoms with Crippen molar-refractivity contribution in [3.63, 3.8) is 0 Å². The van der Waals surface area contributed by atoms with Gasteiger partial charge < -0.3 is 15.4 Å². The van der Waals surface area contributed by atoms with Gasteiger partial charge in [0.15, 0.2) is 6.61 Å². The van der Waals surface area contributed by atoms with Crippen molar-refractivity contribution in [1.82, 2.24) is 10.6 Å². The Balaban J connectivity index is 2.51. The largest absolute Gasteiger partial charge is 0.454 e. The molecule has 1 aromatic rings. The van der Waals surface area contributed by atoms with Crippen molar-refractivity contribution in [2.24, 2.45) is 5.92 Å². The van der Waals surface area contributed by atoms with Crippen LogP contribution in [0.1, 0.15) is 32.8 Å². The zero-order chi connectivity index (χ0) is 17.9. The SMILES string of the molecule is CCCNC(=O)COC(=O)[C@@H](NC(=O)Cc1ccccc1)C(C)C. The predicted octanol–water partition coefficient (Wildman–Crippen LogP) is 1.44. The highest BCUT2D eigenvalue weighted by molar-refractivity contribution is 5.87. The van der Waals surface area contributed by atoms with E-state index >= 15 is 0 Å². The maximum Gasteiger partial charge on any atom is 0.329 e. The van der Waals surface area contributed by atoms with Crippen LogP contribution in [0.5, 0.6) is 0 Å². The lowest BCUT2D eigenvalue weighted by molar-refractivity contribution is -0.152. The summed E-state index contributed by atoms with van der Waals surface area (Å²) in [5.74, 6) is -1.34. The van der Waals surface area contributed by atoms with Gasteiger partial charge >= 0.3 is 5.97 Å². The van der Waals surface area contributed by atoms with Gasteiger partial charge in [0.2, 0.25) is 5.91 Å². The first-order valence-corrected chi connectivity index (χ1v) is 8.20. The predicted molar refractivity (Wildman–Crippen MR) is 91.2 cm³/mol. The van der Waals surface area contributed by atoms with Crippen LogP contribution >= 0.6 is 0 Å². The molecule has 0 saturated heterocycles. The van der Waals surface area contributed by atoms with Gasteiger partial charge in [0.1, 0.15) is 6.04 Å². The fraction of sp³-hybridized carbons (Fsp3) is 0.500. The number of hydrogen-bond donors (Lipinski definition) is 2. The van der Waals surface area contributed by atoms with Crippen LogP contribution < -0.4 is 10.6 Å². The Labute approximate surface area is 143 Å². The van der Waals surface area contributed by atoms with E-state index in [2.05, 4.69) is 10.6 Å². The van der Waals surface area contributed by atoms with Gasteiger partial charge in [-0.25, -0.2) is 4.79 Å². The van der Waals surface area contributed by atoms with E-state index in [9.17, 15) is 14.4 Å². The van der Waals surface area contributed by atoms with E-state index in [1.807, 2.05) is 51.1 Å². The normalized spacial score (nSPS) is 11.7. The van der Waals surface area contributed by atoms with E-state index < -0.39 is 12.0 Å². The minimum absolute atomic E-state index is 0.143. The second-order valence-electron chi connectivity index (χ2n) is 5.91. The van der Waals surface area contributed by atoms with Crippen LogP contribution in [0.2, 0.25) is 0 Å². The summed E-state index contributed by atoms with van der Waals surface area (Å²) in [6, 6.07) is 8.50. The molecule has 0 aliphatic heterocycles. The molecule has 132 valence electrons. The van der Waals surface area contributed by atoms with Crippen LogP contribution in [-0.4, -0.2) is 37.0 Å². The molecule has 1 atom stereocenters. The number of esters is 1. The Hall–Kier alpha value is -2.37. The fourth-order valence-electron chi connectivity index (χ4n) is 2.05. The van der Waals surface area contributed by atoms with Crippen LogP contribution in [0.15, 0.2) is 30.3 Å². The molecular formula is C18H26N2O4. The van der Waals surface area contributed by atoms with Gasteiger partial charge in [-0.2, -0.15) is 0 Å². The van der Waals surface area contributed by atoms with E-state index in [0.29, 0.717) is 6.54 Å². The van der Waals surface area contributed by atoms with Gasteiger partial charge in [-0.05, 0) is 17.9 Å². The zero-order valence-electron chi connectivity index (χ0n) is 14.5. The van der Waals surface area contributed by atoms with Crippen molar-refractivity contribution in [1.29, 1.82) is 0 Å². The number of carbonyl (C=O) groups excluding carboxylic acids is 3. The molecule has 24 heavy (non-hydrogen) atoms. The number of benzene rings is 1. The molecule has 1 aromatic carbocycles. The first kappa shape index (κ1) is 19.7. The summed E-state index contributed by atoms with van der Waals surface area (Å²) in [4.78, 5) is 35.7. The molecule has 1 rings (SSSR count). The highest BCUT2D eigenvalue weighted by Crippen LogP contribution is 2.06. The Morgan fingerprint density at radius 3 is 2.33 bits per heavy atom. The summed E-state index contributed by atoms with van der Waals surface area (Å²) < 4.78 is 5.01. The smallest absolute Gasteiger partial charge is 0.329 e. The van der Waals surface area contributed by atoms with Gasteiger partial charge in [0, 0.05) is 6.54 Å². The van der Waals surface area contributed by atoms with Crippen molar-refractivity contribution >= 4 is 17.8 Å². The van der Waals surface area contributed by atoms with E-state index in [4.69, 9.17) is 4.74 Å². The average Bonchev–Trinajstić information content (AvgIpc) is 2.56. The lowest BCUT2D eigenvalue weighted by Gasteiger charge is -2.20. The monoisotopic (exact) mass is 334 g/mol. The second kappa shape index (κ2) is 10.4. The lowest BCUT2D eigenvalue weighted by atomic mass is 10.0. The maximum atomic E-state index is 12.1. The number of hydrogen-bond acceptors (Lipinski definition) is 4. The Kier molecular flexibility index (Phi) is 8.54. The Bertz CT molecular complexity index is 543. The van der Waals surface area contributed by atoms with Crippen molar-refractivity contribution in [2.45, 2.75) is 39.7 Å². The first-order valence-electron chi connectivity index (χ1n) is 8.20. The molecule has 0 aromatic heterocycles. The molecular weight excluding hydrogens is 308 g/mol. The van der Waals surface area contributed by atoms with Crippen molar-refractivity contribution < 1.29 is 19.1 Å². The molecule has 0 bridgehead atoms. The van der Waals surface area contributed by atoms with Crippen molar-refractivity contribution in [3.8, 4) is 0 Å². The summed E-state index contributed by atoms with van der Waals surface area (Å²) >= 11 is 0. The first-order chi connectivity index (χ1) is 11.4. The number of nitrogens with one attached hydrogen (secondary N) is 2. The maximum absolute atomic E-state index is 12.1. The minimum atomic E-state index is -0.778. The Morgan fingerprint density at radius 2 is 1.75 bits per heavy atom. The average molecular weight is 334 g/mol. The molecule has 0 radical (unpaired) electrons. The van der Waals surface area contributed by atoms with Crippen LogP contribution in [0, 0.1) is 5.92 Å². The highest BCUT2D eigenvalue weighted by Gasteiger charge is 2.26. The molecule has 0 saturated carbocycles. The van der Waals surface area contributed by atoms with E-state index in [1.165, 1.54) is 0 Å². The molecule has 0 fully saturated rings. The van der Waals surface area contributed by atoms with Crippen LogP contribution in [0.4, 0.5) is 0 Å². The third kappa shape index (κ3) is 7.26. The molecule has 0 heterocycles. The molecule has 0 aliphatic carbocycles. The third-order valence-electron chi connectivity index (χ3n) is 3.36. The van der Waals surface area contributed by atoms with Gasteiger partial charge in [0.05, 0.1) is 6.42 Å². The minimum Gasteiger partial charge on any atom is -0.454 e.